The Labute approximate surface area is 189 Å². The normalized spacial score (nSPS) is 15.8. The Morgan fingerprint density at radius 1 is 1.03 bits per heavy atom. The molecule has 5 rings (SSSR count). The van der Waals surface area contributed by atoms with Crippen LogP contribution in [0.15, 0.2) is 39.5 Å². The van der Waals surface area contributed by atoms with Crippen LogP contribution in [0, 0.1) is 6.92 Å². The second-order valence-electron chi connectivity index (χ2n) is 8.35. The summed E-state index contributed by atoms with van der Waals surface area (Å²) < 4.78 is 16.1. The highest BCUT2D eigenvalue weighted by Gasteiger charge is 2.25. The Balaban J connectivity index is 1.24. The number of hydrogen-bond acceptors (Lipinski definition) is 8. The van der Waals surface area contributed by atoms with Crippen LogP contribution in [-0.2, 0) is 17.8 Å². The van der Waals surface area contributed by atoms with Crippen LogP contribution < -0.4 is 15.1 Å². The molecule has 2 aliphatic rings. The topological polar surface area (TPSA) is 113 Å². The van der Waals surface area contributed by atoms with E-state index in [0.717, 1.165) is 23.6 Å². The van der Waals surface area contributed by atoms with Gasteiger partial charge in [-0.25, -0.2) is 4.79 Å². The van der Waals surface area contributed by atoms with Crippen molar-refractivity contribution in [3.05, 3.63) is 57.4 Å². The number of ether oxygens (including phenoxy) is 2. The number of phenols is 2. The standard InChI is InChI=1S/C24H24N2O7/c1-14-17(24(30)33-21-10-16(27)9-18(28)23(14)21)11-22(29)26-6-4-25(5-7-26)12-15-2-3-19-20(8-15)32-13-31-19/h2-3,8-10,27-28H,4-7,11-13H2,1H3. The van der Waals surface area contributed by atoms with Gasteiger partial charge in [0.05, 0.1) is 17.4 Å². The van der Waals surface area contributed by atoms with Gasteiger partial charge in [-0.2, -0.15) is 0 Å². The SMILES string of the molecule is Cc1c(CC(=O)N2CCN(Cc3ccc4c(c3)OCO4)CC2)c(=O)oc2cc(O)cc(O)c12. The van der Waals surface area contributed by atoms with Crippen molar-refractivity contribution < 1.29 is 28.9 Å². The molecule has 1 saturated heterocycles. The van der Waals surface area contributed by atoms with E-state index in [1.165, 1.54) is 12.1 Å². The molecule has 0 aliphatic carbocycles. The van der Waals surface area contributed by atoms with Gasteiger partial charge in [0.25, 0.3) is 0 Å². The van der Waals surface area contributed by atoms with Gasteiger partial charge in [0.15, 0.2) is 11.5 Å². The Morgan fingerprint density at radius 3 is 2.58 bits per heavy atom. The predicted molar refractivity (Wildman–Crippen MR) is 119 cm³/mol. The third-order valence-corrected chi connectivity index (χ3v) is 6.24. The molecule has 0 atom stereocenters. The van der Waals surface area contributed by atoms with Gasteiger partial charge in [-0.3, -0.25) is 9.69 Å². The number of rotatable bonds is 4. The summed E-state index contributed by atoms with van der Waals surface area (Å²) in [6, 6.07) is 8.36. The Bertz CT molecular complexity index is 1290. The first kappa shape index (κ1) is 21.1. The number of nitrogens with zero attached hydrogens (tertiary/aromatic N) is 2. The second kappa shape index (κ2) is 8.32. The molecule has 0 bridgehead atoms. The van der Waals surface area contributed by atoms with E-state index in [1.54, 1.807) is 11.8 Å². The number of hydrogen-bond donors (Lipinski definition) is 2. The Kier molecular flexibility index (Phi) is 5.33. The van der Waals surface area contributed by atoms with E-state index in [1.807, 2.05) is 18.2 Å². The summed E-state index contributed by atoms with van der Waals surface area (Å²) in [7, 11) is 0. The molecule has 1 fully saturated rings. The van der Waals surface area contributed by atoms with Gasteiger partial charge < -0.3 is 29.0 Å². The van der Waals surface area contributed by atoms with Gasteiger partial charge >= 0.3 is 5.63 Å². The molecule has 0 spiro atoms. The van der Waals surface area contributed by atoms with Gasteiger partial charge in [-0.05, 0) is 30.2 Å². The van der Waals surface area contributed by atoms with Crippen LogP contribution in [0.1, 0.15) is 16.7 Å². The lowest BCUT2D eigenvalue weighted by molar-refractivity contribution is -0.132. The first-order valence-corrected chi connectivity index (χ1v) is 10.8. The molecule has 2 N–H and O–H groups in total. The molecule has 3 aromatic rings. The molecule has 3 heterocycles. The maximum Gasteiger partial charge on any atom is 0.340 e. The summed E-state index contributed by atoms with van der Waals surface area (Å²) in [4.78, 5) is 29.4. The van der Waals surface area contributed by atoms with E-state index in [0.29, 0.717) is 37.1 Å². The van der Waals surface area contributed by atoms with Crippen molar-refractivity contribution in [3.8, 4) is 23.0 Å². The minimum Gasteiger partial charge on any atom is -0.508 e. The van der Waals surface area contributed by atoms with Gasteiger partial charge in [-0.15, -0.1) is 0 Å². The molecule has 9 nitrogen and oxygen atoms in total. The van der Waals surface area contributed by atoms with E-state index >= 15 is 0 Å². The second-order valence-corrected chi connectivity index (χ2v) is 8.35. The minimum absolute atomic E-state index is 0.0864. The molecule has 0 radical (unpaired) electrons. The number of phenolic OH excluding ortho intramolecular Hbond substituents is 2. The molecule has 172 valence electrons. The molecular weight excluding hydrogens is 428 g/mol. The van der Waals surface area contributed by atoms with Crippen molar-refractivity contribution in [2.45, 2.75) is 19.9 Å². The van der Waals surface area contributed by atoms with Crippen molar-refractivity contribution in [2.75, 3.05) is 33.0 Å². The fourth-order valence-electron chi connectivity index (χ4n) is 4.43. The number of piperazine rings is 1. The van der Waals surface area contributed by atoms with Crippen molar-refractivity contribution in [1.82, 2.24) is 9.80 Å². The van der Waals surface area contributed by atoms with Crippen molar-refractivity contribution in [2.24, 2.45) is 0 Å². The molecule has 33 heavy (non-hydrogen) atoms. The number of carbonyl (C=O) groups excluding carboxylic acids is 1. The number of amides is 1. The van der Waals surface area contributed by atoms with Gasteiger partial charge in [0.2, 0.25) is 12.7 Å². The van der Waals surface area contributed by atoms with E-state index in [9.17, 15) is 19.8 Å². The summed E-state index contributed by atoms with van der Waals surface area (Å²) in [5, 5.41) is 20.2. The van der Waals surface area contributed by atoms with Crippen LogP contribution in [0.5, 0.6) is 23.0 Å². The average molecular weight is 452 g/mol. The van der Waals surface area contributed by atoms with Crippen molar-refractivity contribution in [1.29, 1.82) is 0 Å². The highest BCUT2D eigenvalue weighted by molar-refractivity contribution is 5.90. The summed E-state index contributed by atoms with van der Waals surface area (Å²) in [5.74, 6) is 0.952. The number of carbonyl (C=O) groups is 1. The first-order chi connectivity index (χ1) is 15.9. The van der Waals surface area contributed by atoms with Crippen molar-refractivity contribution >= 4 is 16.9 Å². The van der Waals surface area contributed by atoms with Crippen LogP contribution in [0.3, 0.4) is 0 Å². The molecule has 0 unspecified atom stereocenters. The first-order valence-electron chi connectivity index (χ1n) is 10.8. The fourth-order valence-corrected chi connectivity index (χ4v) is 4.43. The third kappa shape index (κ3) is 4.07. The van der Waals surface area contributed by atoms with Crippen LogP contribution in [0.25, 0.3) is 11.0 Å². The molecule has 1 amide bonds. The summed E-state index contributed by atoms with van der Waals surface area (Å²) in [6.07, 6.45) is -0.105. The molecule has 2 aromatic carbocycles. The number of fused-ring (bicyclic) bond motifs is 2. The van der Waals surface area contributed by atoms with Gasteiger partial charge in [0, 0.05) is 44.9 Å². The monoisotopic (exact) mass is 452 g/mol. The van der Waals surface area contributed by atoms with Crippen LogP contribution in [0.2, 0.25) is 0 Å². The fraction of sp³-hybridized carbons (Fsp3) is 0.333. The highest BCUT2D eigenvalue weighted by Crippen LogP contribution is 2.34. The van der Waals surface area contributed by atoms with E-state index < -0.39 is 5.63 Å². The lowest BCUT2D eigenvalue weighted by Crippen LogP contribution is -2.49. The zero-order valence-corrected chi connectivity index (χ0v) is 18.2. The van der Waals surface area contributed by atoms with E-state index in [4.69, 9.17) is 13.9 Å². The molecular formula is C24H24N2O7. The molecule has 1 aromatic heterocycles. The largest absolute Gasteiger partial charge is 0.508 e. The molecule has 0 saturated carbocycles. The summed E-state index contributed by atoms with van der Waals surface area (Å²) in [6.45, 7) is 5.20. The van der Waals surface area contributed by atoms with Gasteiger partial charge in [0.1, 0.15) is 17.1 Å². The molecule has 9 heteroatoms. The average Bonchev–Trinajstić information content (AvgIpc) is 3.24. The maximum absolute atomic E-state index is 12.9. The van der Waals surface area contributed by atoms with E-state index in [2.05, 4.69) is 4.90 Å². The zero-order valence-electron chi connectivity index (χ0n) is 18.2. The van der Waals surface area contributed by atoms with Gasteiger partial charge in [-0.1, -0.05) is 6.07 Å². The van der Waals surface area contributed by atoms with Crippen LogP contribution in [0.4, 0.5) is 0 Å². The van der Waals surface area contributed by atoms with Crippen LogP contribution in [-0.4, -0.2) is 58.9 Å². The quantitative estimate of drug-likeness (QED) is 0.579. The molecule has 2 aliphatic heterocycles. The van der Waals surface area contributed by atoms with E-state index in [-0.39, 0.29) is 41.8 Å². The maximum atomic E-state index is 12.9. The minimum atomic E-state index is -0.639. The number of aromatic hydroxyl groups is 2. The number of benzene rings is 2. The summed E-state index contributed by atoms with van der Waals surface area (Å²) in [5.41, 5.74) is 1.27. The highest BCUT2D eigenvalue weighted by atomic mass is 16.7. The smallest absolute Gasteiger partial charge is 0.340 e. The van der Waals surface area contributed by atoms with Crippen LogP contribution >= 0.6 is 0 Å². The predicted octanol–water partition coefficient (Wildman–Crippen LogP) is 2.13. The Morgan fingerprint density at radius 2 is 1.79 bits per heavy atom. The van der Waals surface area contributed by atoms with Crippen molar-refractivity contribution in [3.63, 3.8) is 0 Å². The Hall–Kier alpha value is -3.72. The lowest BCUT2D eigenvalue weighted by Gasteiger charge is -2.34. The number of aryl methyl sites for hydroxylation is 1. The zero-order chi connectivity index (χ0) is 23.1. The summed E-state index contributed by atoms with van der Waals surface area (Å²) >= 11 is 0. The lowest BCUT2D eigenvalue weighted by atomic mass is 10.0. The third-order valence-electron chi connectivity index (χ3n) is 6.24.